The van der Waals surface area contributed by atoms with E-state index in [4.69, 9.17) is 9.84 Å². The lowest BCUT2D eigenvalue weighted by Crippen LogP contribution is -2.48. The summed E-state index contributed by atoms with van der Waals surface area (Å²) in [6.07, 6.45) is 0.867. The molecule has 0 spiro atoms. The van der Waals surface area contributed by atoms with Gasteiger partial charge in [-0.2, -0.15) is 0 Å². The van der Waals surface area contributed by atoms with Gasteiger partial charge in [0.2, 0.25) is 5.91 Å². The normalized spacial score (nSPS) is 13.0. The Hall–Kier alpha value is -3.72. The molecule has 1 atom stereocenters. The van der Waals surface area contributed by atoms with Gasteiger partial charge in [-0.05, 0) is 39.9 Å². The van der Waals surface area contributed by atoms with Gasteiger partial charge in [0.1, 0.15) is 12.6 Å². The Morgan fingerprint density at radius 3 is 2.30 bits per heavy atom. The Morgan fingerprint density at radius 2 is 1.70 bits per heavy atom. The molecule has 8 nitrogen and oxygen atoms in total. The van der Waals surface area contributed by atoms with Crippen LogP contribution in [0.4, 0.5) is 4.79 Å². The fourth-order valence-electron chi connectivity index (χ4n) is 3.97. The van der Waals surface area contributed by atoms with Crippen molar-refractivity contribution in [2.75, 3.05) is 13.2 Å². The van der Waals surface area contributed by atoms with Crippen molar-refractivity contribution in [3.05, 3.63) is 76.8 Å². The quantitative estimate of drug-likeness (QED) is 0.447. The van der Waals surface area contributed by atoms with E-state index in [1.807, 2.05) is 54.6 Å². The van der Waals surface area contributed by atoms with E-state index in [0.717, 1.165) is 27.1 Å². The first kappa shape index (κ1) is 22.5. The zero-order chi connectivity index (χ0) is 23.2. The Labute approximate surface area is 194 Å². The van der Waals surface area contributed by atoms with Gasteiger partial charge in [-0.25, -0.2) is 9.17 Å². The molecule has 1 heterocycles. The molecule has 0 bridgehead atoms. The third-order valence-corrected chi connectivity index (χ3v) is 6.29. The number of fused-ring (bicyclic) bond motifs is 3. The maximum absolute atomic E-state index is 12.5. The number of rotatable bonds is 9. The molecule has 3 N–H and O–H groups in total. The van der Waals surface area contributed by atoms with E-state index in [2.05, 4.69) is 15.0 Å². The molecule has 0 fully saturated rings. The number of alkyl carbamates (subject to hydrolysis) is 1. The van der Waals surface area contributed by atoms with Gasteiger partial charge in [0, 0.05) is 30.0 Å². The molecule has 3 aromatic rings. The van der Waals surface area contributed by atoms with Crippen molar-refractivity contribution in [3.63, 3.8) is 0 Å². The zero-order valence-electron chi connectivity index (χ0n) is 17.7. The molecule has 33 heavy (non-hydrogen) atoms. The molecular formula is C24H23N3O5S. The summed E-state index contributed by atoms with van der Waals surface area (Å²) in [5, 5.41) is 14.2. The molecule has 1 aliphatic carbocycles. The van der Waals surface area contributed by atoms with Crippen molar-refractivity contribution in [2.24, 2.45) is 0 Å². The highest BCUT2D eigenvalue weighted by molar-refractivity contribution is 7.05. The second-order valence-electron chi connectivity index (χ2n) is 7.64. The molecular weight excluding hydrogens is 442 g/mol. The van der Waals surface area contributed by atoms with E-state index >= 15 is 0 Å². The summed E-state index contributed by atoms with van der Waals surface area (Å²) in [6.45, 7) is 0.385. The second kappa shape index (κ2) is 10.3. The number of aromatic nitrogens is 1. The van der Waals surface area contributed by atoms with Gasteiger partial charge >= 0.3 is 12.1 Å². The number of nitrogens with one attached hydrogen (secondary N) is 2. The fraction of sp³-hybridized carbons (Fsp3) is 0.250. The van der Waals surface area contributed by atoms with E-state index in [1.54, 1.807) is 6.20 Å². The number of ether oxygens (including phenoxy) is 1. The highest BCUT2D eigenvalue weighted by atomic mass is 32.1. The Kier molecular flexibility index (Phi) is 6.99. The number of benzene rings is 2. The molecule has 1 aliphatic rings. The van der Waals surface area contributed by atoms with Crippen LogP contribution in [-0.2, 0) is 20.7 Å². The molecule has 1 unspecified atom stereocenters. The summed E-state index contributed by atoms with van der Waals surface area (Å²) >= 11 is 1.33. The Morgan fingerprint density at radius 1 is 1.03 bits per heavy atom. The van der Waals surface area contributed by atoms with Crippen LogP contribution in [0.5, 0.6) is 0 Å². The number of carboxylic acids is 1. The third-order valence-electron chi connectivity index (χ3n) is 5.49. The largest absolute Gasteiger partial charge is 0.481 e. The lowest BCUT2D eigenvalue weighted by atomic mass is 9.98. The minimum absolute atomic E-state index is 0.0760. The van der Waals surface area contributed by atoms with E-state index in [-0.39, 0.29) is 12.5 Å². The molecule has 0 aliphatic heterocycles. The average Bonchev–Trinajstić information content (AvgIpc) is 3.43. The first-order chi connectivity index (χ1) is 16.0. The summed E-state index contributed by atoms with van der Waals surface area (Å²) in [6, 6.07) is 16.5. The van der Waals surface area contributed by atoms with E-state index in [0.29, 0.717) is 13.0 Å². The minimum atomic E-state index is -1.24. The average molecular weight is 466 g/mol. The summed E-state index contributed by atoms with van der Waals surface area (Å²) in [7, 11) is 0. The summed E-state index contributed by atoms with van der Waals surface area (Å²) in [5.41, 5.74) is 4.33. The number of amides is 2. The summed E-state index contributed by atoms with van der Waals surface area (Å²) in [4.78, 5) is 37.2. The number of carboxylic acid groups (broad SMARTS) is 1. The predicted octanol–water partition coefficient (Wildman–Crippen LogP) is 3.18. The third kappa shape index (κ3) is 5.38. The number of carbonyl (C=O) groups excluding carboxylic acids is 2. The number of hydrogen-bond donors (Lipinski definition) is 3. The van der Waals surface area contributed by atoms with Crippen LogP contribution in [0, 0.1) is 0 Å². The maximum atomic E-state index is 12.5. The van der Waals surface area contributed by atoms with E-state index in [9.17, 15) is 14.4 Å². The lowest BCUT2D eigenvalue weighted by molar-refractivity contribution is -0.139. The number of aliphatic carboxylic acids is 1. The van der Waals surface area contributed by atoms with Gasteiger partial charge in [-0.1, -0.05) is 48.5 Å². The van der Waals surface area contributed by atoms with Gasteiger partial charge in [0.25, 0.3) is 0 Å². The minimum Gasteiger partial charge on any atom is -0.481 e. The van der Waals surface area contributed by atoms with Crippen molar-refractivity contribution in [1.29, 1.82) is 0 Å². The maximum Gasteiger partial charge on any atom is 0.407 e. The number of carbonyl (C=O) groups is 3. The van der Waals surface area contributed by atoms with Crippen LogP contribution in [0.1, 0.15) is 28.3 Å². The molecule has 0 radical (unpaired) electrons. The lowest BCUT2D eigenvalue weighted by Gasteiger charge is -2.18. The van der Waals surface area contributed by atoms with Gasteiger partial charge in [-0.15, -0.1) is 0 Å². The molecule has 2 aromatic carbocycles. The van der Waals surface area contributed by atoms with Crippen LogP contribution < -0.4 is 10.6 Å². The van der Waals surface area contributed by atoms with E-state index in [1.165, 1.54) is 11.5 Å². The molecule has 0 saturated heterocycles. The van der Waals surface area contributed by atoms with Crippen LogP contribution >= 0.6 is 11.5 Å². The Balaban J connectivity index is 1.35. The monoisotopic (exact) mass is 465 g/mol. The predicted molar refractivity (Wildman–Crippen MR) is 123 cm³/mol. The van der Waals surface area contributed by atoms with Crippen LogP contribution in [0.3, 0.4) is 0 Å². The van der Waals surface area contributed by atoms with E-state index < -0.39 is 30.4 Å². The first-order valence-corrected chi connectivity index (χ1v) is 11.3. The molecule has 1 aromatic heterocycles. The summed E-state index contributed by atoms with van der Waals surface area (Å²) in [5.74, 6) is -1.90. The van der Waals surface area contributed by atoms with Gasteiger partial charge < -0.3 is 20.5 Å². The van der Waals surface area contributed by atoms with Crippen LogP contribution in [0.2, 0.25) is 0 Å². The number of nitrogens with zero attached hydrogens (tertiary/aromatic N) is 1. The van der Waals surface area contributed by atoms with Crippen molar-refractivity contribution >= 4 is 29.5 Å². The van der Waals surface area contributed by atoms with Crippen molar-refractivity contribution in [1.82, 2.24) is 15.0 Å². The fourth-order valence-corrected chi connectivity index (χ4v) is 4.54. The SMILES string of the molecule is O=C(O)CC(NC(=O)OCC1c2ccccc2-c2ccccc21)C(=O)NCCc1ccns1. The summed E-state index contributed by atoms with van der Waals surface area (Å²) < 4.78 is 9.43. The highest BCUT2D eigenvalue weighted by Crippen LogP contribution is 2.44. The van der Waals surface area contributed by atoms with Crippen LogP contribution in [0.15, 0.2) is 60.8 Å². The van der Waals surface area contributed by atoms with Crippen molar-refractivity contribution < 1.29 is 24.2 Å². The molecule has 0 saturated carbocycles. The van der Waals surface area contributed by atoms with Crippen molar-refractivity contribution in [3.8, 4) is 11.1 Å². The number of hydrogen-bond acceptors (Lipinski definition) is 6. The second-order valence-corrected chi connectivity index (χ2v) is 8.56. The molecule has 170 valence electrons. The highest BCUT2D eigenvalue weighted by Gasteiger charge is 2.30. The van der Waals surface area contributed by atoms with Gasteiger partial charge in [0.15, 0.2) is 0 Å². The standard InChI is InChI=1S/C24H23N3O5S/c28-22(29)13-21(23(30)25-11-9-15-10-12-26-33-15)27-24(31)32-14-20-18-7-3-1-5-16(18)17-6-2-4-8-19(17)20/h1-8,10,12,20-21H,9,11,13-14H2,(H,25,30)(H,27,31)(H,28,29). The van der Waals surface area contributed by atoms with Gasteiger partial charge in [-0.3, -0.25) is 9.59 Å². The van der Waals surface area contributed by atoms with Gasteiger partial charge in [0.05, 0.1) is 6.42 Å². The molecule has 9 heteroatoms. The smallest absolute Gasteiger partial charge is 0.407 e. The zero-order valence-corrected chi connectivity index (χ0v) is 18.5. The molecule has 4 rings (SSSR count). The molecule has 2 amide bonds. The van der Waals surface area contributed by atoms with Crippen LogP contribution in [0.25, 0.3) is 11.1 Å². The topological polar surface area (TPSA) is 118 Å². The van der Waals surface area contributed by atoms with Crippen LogP contribution in [-0.4, -0.2) is 46.6 Å². The first-order valence-electron chi connectivity index (χ1n) is 10.5. The Bertz CT molecular complexity index is 1100. The van der Waals surface area contributed by atoms with Crippen molar-refractivity contribution in [2.45, 2.75) is 24.8 Å².